The lowest BCUT2D eigenvalue weighted by molar-refractivity contribution is 0.558. The number of hydrogen-bond acceptors (Lipinski definition) is 1. The first-order valence-corrected chi connectivity index (χ1v) is 6.65. The van der Waals surface area contributed by atoms with E-state index >= 15 is 0 Å². The van der Waals surface area contributed by atoms with Gasteiger partial charge in [-0.2, -0.15) is 0 Å². The highest BCUT2D eigenvalue weighted by Crippen LogP contribution is 2.10. The van der Waals surface area contributed by atoms with Crippen LogP contribution in [0.15, 0.2) is 6.08 Å². The highest BCUT2D eigenvalue weighted by atomic mass is 14.3. The van der Waals surface area contributed by atoms with E-state index in [4.69, 9.17) is 5.41 Å². The van der Waals surface area contributed by atoms with Crippen LogP contribution in [0.5, 0.6) is 0 Å². The normalized spacial score (nSPS) is 9.93. The van der Waals surface area contributed by atoms with Crippen molar-refractivity contribution in [3.8, 4) is 0 Å². The Bertz CT molecular complexity index is 157. The largest absolute Gasteiger partial charge is 0.259 e. The van der Waals surface area contributed by atoms with E-state index in [0.717, 1.165) is 6.42 Å². The molecule has 0 rings (SSSR count). The maximum Gasteiger partial charge on any atom is -0.0234 e. The molecule has 88 valence electrons. The zero-order valence-corrected chi connectivity index (χ0v) is 10.4. The molecular weight excluding hydrogens is 182 g/mol. The Balaban J connectivity index is 2.89. The van der Waals surface area contributed by atoms with Gasteiger partial charge in [0.25, 0.3) is 0 Å². The molecule has 0 aromatic rings. The maximum absolute atomic E-state index is 6.72. The molecule has 0 spiro atoms. The Kier molecular flexibility index (Phi) is 13.0. The van der Waals surface area contributed by atoms with Crippen molar-refractivity contribution in [2.24, 2.45) is 0 Å². The number of allylic oxidation sites excluding steroid dienone is 1. The first kappa shape index (κ1) is 14.5. The second kappa shape index (κ2) is 13.4. The fraction of sp³-hybridized carbons (Fsp3) is 0.857. The average molecular weight is 209 g/mol. The topological polar surface area (TPSA) is 23.9 Å². The van der Waals surface area contributed by atoms with Crippen LogP contribution in [-0.2, 0) is 0 Å². The van der Waals surface area contributed by atoms with Gasteiger partial charge in [-0.25, -0.2) is 0 Å². The molecule has 0 saturated heterocycles. The van der Waals surface area contributed by atoms with Gasteiger partial charge in [0.15, 0.2) is 0 Å². The third kappa shape index (κ3) is 13.4. The van der Waals surface area contributed by atoms with Crippen molar-refractivity contribution in [2.75, 3.05) is 0 Å². The molecule has 1 heteroatoms. The summed E-state index contributed by atoms with van der Waals surface area (Å²) in [5.41, 5.74) is 0. The molecule has 0 saturated carbocycles. The molecule has 1 nitrogen and oxygen atoms in total. The van der Waals surface area contributed by atoms with E-state index in [1.807, 2.05) is 6.08 Å². The van der Waals surface area contributed by atoms with E-state index < -0.39 is 0 Å². The van der Waals surface area contributed by atoms with Crippen molar-refractivity contribution < 1.29 is 0 Å². The van der Waals surface area contributed by atoms with Gasteiger partial charge < -0.3 is 0 Å². The zero-order chi connectivity index (χ0) is 11.2. The van der Waals surface area contributed by atoms with E-state index in [1.54, 1.807) is 0 Å². The second-order valence-electron chi connectivity index (χ2n) is 4.32. The van der Waals surface area contributed by atoms with Crippen LogP contribution in [0.25, 0.3) is 0 Å². The molecule has 0 aromatic heterocycles. The zero-order valence-electron chi connectivity index (χ0n) is 10.4. The molecule has 0 aliphatic heterocycles. The number of unbranched alkanes of at least 4 members (excludes halogenated alkanes) is 10. The molecule has 0 aliphatic rings. The lowest BCUT2D eigenvalue weighted by atomic mass is 10.1. The molecule has 0 unspecified atom stereocenters. The van der Waals surface area contributed by atoms with Gasteiger partial charge in [-0.3, -0.25) is 5.41 Å². The summed E-state index contributed by atoms with van der Waals surface area (Å²) in [6.45, 7) is 2.27. The third-order valence-electron chi connectivity index (χ3n) is 2.80. The SMILES string of the molecule is CCCCCCCCCCCCC=C=N. The molecule has 1 N–H and O–H groups in total. The Hall–Kier alpha value is -0.550. The van der Waals surface area contributed by atoms with Crippen LogP contribution in [0.2, 0.25) is 0 Å². The van der Waals surface area contributed by atoms with Crippen LogP contribution in [0.3, 0.4) is 0 Å². The van der Waals surface area contributed by atoms with Gasteiger partial charge in [-0.1, -0.05) is 64.7 Å². The molecule has 0 heterocycles. The van der Waals surface area contributed by atoms with Crippen LogP contribution in [-0.4, -0.2) is 5.87 Å². The minimum absolute atomic E-state index is 1.04. The average Bonchev–Trinajstić information content (AvgIpc) is 2.26. The van der Waals surface area contributed by atoms with Gasteiger partial charge in [0, 0.05) is 0 Å². The fourth-order valence-electron chi connectivity index (χ4n) is 1.81. The van der Waals surface area contributed by atoms with Gasteiger partial charge in [-0.15, -0.1) is 0 Å². The van der Waals surface area contributed by atoms with Crippen molar-refractivity contribution in [3.63, 3.8) is 0 Å². The summed E-state index contributed by atoms with van der Waals surface area (Å²) in [4.78, 5) is 0. The van der Waals surface area contributed by atoms with E-state index in [1.165, 1.54) is 64.2 Å². The first-order valence-electron chi connectivity index (χ1n) is 6.65. The van der Waals surface area contributed by atoms with Crippen molar-refractivity contribution in [1.82, 2.24) is 0 Å². The Morgan fingerprint density at radius 3 is 1.73 bits per heavy atom. The lowest BCUT2D eigenvalue weighted by Crippen LogP contribution is -1.81. The Morgan fingerprint density at radius 1 is 0.800 bits per heavy atom. The number of hydrogen-bond donors (Lipinski definition) is 1. The Labute approximate surface area is 95.5 Å². The molecule has 0 atom stereocenters. The fourth-order valence-corrected chi connectivity index (χ4v) is 1.81. The summed E-state index contributed by atoms with van der Waals surface area (Å²) in [7, 11) is 0. The molecular formula is C14H27N. The van der Waals surface area contributed by atoms with Crippen LogP contribution in [0.4, 0.5) is 0 Å². The standard InChI is InChI=1S/C14H27N/c1-2-3-4-5-6-7-8-9-10-11-12-13-14-15/h13,15H,2-12H2,1H3. The summed E-state index contributed by atoms with van der Waals surface area (Å²) < 4.78 is 0. The third-order valence-corrected chi connectivity index (χ3v) is 2.80. The molecule has 15 heavy (non-hydrogen) atoms. The van der Waals surface area contributed by atoms with Crippen LogP contribution in [0, 0.1) is 5.41 Å². The smallest absolute Gasteiger partial charge is 0.0234 e. The predicted molar refractivity (Wildman–Crippen MR) is 68.8 cm³/mol. The molecule has 0 amide bonds. The maximum atomic E-state index is 6.72. The van der Waals surface area contributed by atoms with Crippen LogP contribution < -0.4 is 0 Å². The van der Waals surface area contributed by atoms with Gasteiger partial charge in [0.2, 0.25) is 0 Å². The lowest BCUT2D eigenvalue weighted by Gasteiger charge is -2.00. The quantitative estimate of drug-likeness (QED) is 0.361. The molecule has 0 fully saturated rings. The summed E-state index contributed by atoms with van der Waals surface area (Å²) >= 11 is 0. The molecule has 0 aliphatic carbocycles. The summed E-state index contributed by atoms with van der Waals surface area (Å²) in [5.74, 6) is 2.32. The van der Waals surface area contributed by atoms with Gasteiger partial charge >= 0.3 is 0 Å². The second-order valence-corrected chi connectivity index (χ2v) is 4.32. The van der Waals surface area contributed by atoms with Crippen molar-refractivity contribution >= 4 is 5.87 Å². The molecule has 0 bridgehead atoms. The van der Waals surface area contributed by atoms with Crippen LogP contribution in [0.1, 0.15) is 77.6 Å². The first-order chi connectivity index (χ1) is 7.41. The minimum atomic E-state index is 1.04. The van der Waals surface area contributed by atoms with E-state index in [0.29, 0.717) is 0 Å². The number of rotatable bonds is 11. The minimum Gasteiger partial charge on any atom is -0.259 e. The van der Waals surface area contributed by atoms with Gasteiger partial charge in [0.05, 0.1) is 0 Å². The molecule has 0 radical (unpaired) electrons. The highest BCUT2D eigenvalue weighted by molar-refractivity contribution is 5.46. The van der Waals surface area contributed by atoms with Crippen molar-refractivity contribution in [1.29, 1.82) is 5.41 Å². The van der Waals surface area contributed by atoms with E-state index in [9.17, 15) is 0 Å². The van der Waals surface area contributed by atoms with Crippen molar-refractivity contribution in [2.45, 2.75) is 77.6 Å². The van der Waals surface area contributed by atoms with Crippen LogP contribution >= 0.6 is 0 Å². The summed E-state index contributed by atoms with van der Waals surface area (Å²) in [6, 6.07) is 0. The highest BCUT2D eigenvalue weighted by Gasteiger charge is 1.91. The monoisotopic (exact) mass is 209 g/mol. The molecule has 0 aromatic carbocycles. The van der Waals surface area contributed by atoms with Gasteiger partial charge in [-0.05, 0) is 24.8 Å². The van der Waals surface area contributed by atoms with Crippen molar-refractivity contribution in [3.05, 3.63) is 6.08 Å². The van der Waals surface area contributed by atoms with E-state index in [2.05, 4.69) is 12.8 Å². The Morgan fingerprint density at radius 2 is 1.27 bits per heavy atom. The van der Waals surface area contributed by atoms with E-state index in [-0.39, 0.29) is 0 Å². The van der Waals surface area contributed by atoms with Gasteiger partial charge in [0.1, 0.15) is 0 Å². The number of nitrogens with one attached hydrogen (secondary N) is 1. The summed E-state index contributed by atoms with van der Waals surface area (Å²) in [5, 5.41) is 6.72. The predicted octanol–water partition coefficient (Wildman–Crippen LogP) is 5.10. The summed E-state index contributed by atoms with van der Waals surface area (Å²) in [6.07, 6.45) is 16.7.